The second kappa shape index (κ2) is 4.59. The minimum Gasteiger partial charge on any atom is -0.472 e. The van der Waals surface area contributed by atoms with Crippen LogP contribution in [0.15, 0.2) is 12.3 Å². The molecule has 0 aromatic carbocycles. The Labute approximate surface area is 89.4 Å². The summed E-state index contributed by atoms with van der Waals surface area (Å²) in [5.41, 5.74) is 7.79. The Morgan fingerprint density at radius 1 is 1.67 bits per heavy atom. The summed E-state index contributed by atoms with van der Waals surface area (Å²) < 4.78 is 11.0. The average molecular weight is 208 g/mol. The van der Waals surface area contributed by atoms with Crippen LogP contribution in [0.2, 0.25) is 0 Å². The standard InChI is InChI=1S/C11H16N2O2/c1-8-2-4-13-11(10(8)6-12)15-9-3-5-14-7-9/h2,4,9H,3,5-7,12H2,1H3. The number of hydrogen-bond donors (Lipinski definition) is 1. The summed E-state index contributed by atoms with van der Waals surface area (Å²) in [5.74, 6) is 0.660. The number of rotatable bonds is 3. The van der Waals surface area contributed by atoms with Crippen molar-refractivity contribution < 1.29 is 9.47 Å². The van der Waals surface area contributed by atoms with Crippen LogP contribution in [0.5, 0.6) is 5.88 Å². The topological polar surface area (TPSA) is 57.4 Å². The molecular formula is C11H16N2O2. The van der Waals surface area contributed by atoms with Crippen LogP contribution in [-0.2, 0) is 11.3 Å². The molecule has 1 saturated heterocycles. The van der Waals surface area contributed by atoms with Gasteiger partial charge in [0.25, 0.3) is 0 Å². The Balaban J connectivity index is 2.15. The Hall–Kier alpha value is -1.13. The fourth-order valence-corrected chi connectivity index (χ4v) is 1.68. The molecule has 0 amide bonds. The third-order valence-electron chi connectivity index (χ3n) is 2.62. The number of hydrogen-bond acceptors (Lipinski definition) is 4. The summed E-state index contributed by atoms with van der Waals surface area (Å²) in [7, 11) is 0. The molecule has 1 aromatic rings. The summed E-state index contributed by atoms with van der Waals surface area (Å²) >= 11 is 0. The van der Waals surface area contributed by atoms with E-state index in [4.69, 9.17) is 15.2 Å². The number of nitrogens with zero attached hydrogens (tertiary/aromatic N) is 1. The maximum Gasteiger partial charge on any atom is 0.218 e. The number of ether oxygens (including phenoxy) is 2. The van der Waals surface area contributed by atoms with Crippen molar-refractivity contribution in [2.45, 2.75) is 26.0 Å². The number of pyridine rings is 1. The molecule has 2 N–H and O–H groups in total. The van der Waals surface area contributed by atoms with Gasteiger partial charge in [-0.1, -0.05) is 0 Å². The quantitative estimate of drug-likeness (QED) is 0.805. The van der Waals surface area contributed by atoms with Crippen LogP contribution >= 0.6 is 0 Å². The van der Waals surface area contributed by atoms with Gasteiger partial charge in [0.2, 0.25) is 5.88 Å². The molecule has 1 aromatic heterocycles. The Morgan fingerprint density at radius 3 is 3.20 bits per heavy atom. The van der Waals surface area contributed by atoms with Gasteiger partial charge in [-0.3, -0.25) is 0 Å². The van der Waals surface area contributed by atoms with Gasteiger partial charge in [0.15, 0.2) is 0 Å². The molecule has 1 atom stereocenters. The third-order valence-corrected chi connectivity index (χ3v) is 2.62. The van der Waals surface area contributed by atoms with Crippen molar-refractivity contribution in [3.05, 3.63) is 23.4 Å². The van der Waals surface area contributed by atoms with Gasteiger partial charge in [0.1, 0.15) is 6.10 Å². The minimum absolute atomic E-state index is 0.129. The maximum absolute atomic E-state index is 5.76. The molecule has 1 aliphatic rings. The monoisotopic (exact) mass is 208 g/mol. The minimum atomic E-state index is 0.129. The van der Waals surface area contributed by atoms with E-state index < -0.39 is 0 Å². The zero-order chi connectivity index (χ0) is 10.7. The largest absolute Gasteiger partial charge is 0.472 e. The normalized spacial score (nSPS) is 20.5. The summed E-state index contributed by atoms with van der Waals surface area (Å²) in [4.78, 5) is 4.22. The molecule has 82 valence electrons. The van der Waals surface area contributed by atoms with Gasteiger partial charge in [-0.2, -0.15) is 0 Å². The molecule has 15 heavy (non-hydrogen) atoms. The number of nitrogens with two attached hydrogens (primary N) is 1. The van der Waals surface area contributed by atoms with E-state index in [1.165, 1.54) is 0 Å². The van der Waals surface area contributed by atoms with Crippen LogP contribution in [0.1, 0.15) is 17.5 Å². The van der Waals surface area contributed by atoms with Crippen molar-refractivity contribution in [2.75, 3.05) is 13.2 Å². The van der Waals surface area contributed by atoms with Gasteiger partial charge in [0.05, 0.1) is 13.2 Å². The Morgan fingerprint density at radius 2 is 2.53 bits per heavy atom. The fourth-order valence-electron chi connectivity index (χ4n) is 1.68. The van der Waals surface area contributed by atoms with Crippen LogP contribution in [0, 0.1) is 6.92 Å². The van der Waals surface area contributed by atoms with Crippen LogP contribution in [0.4, 0.5) is 0 Å². The fraction of sp³-hybridized carbons (Fsp3) is 0.545. The van der Waals surface area contributed by atoms with E-state index in [-0.39, 0.29) is 6.10 Å². The highest BCUT2D eigenvalue weighted by molar-refractivity contribution is 5.33. The van der Waals surface area contributed by atoms with E-state index in [2.05, 4.69) is 4.98 Å². The lowest BCUT2D eigenvalue weighted by molar-refractivity contribution is 0.137. The molecule has 0 radical (unpaired) electrons. The van der Waals surface area contributed by atoms with Crippen LogP contribution in [0.25, 0.3) is 0 Å². The molecule has 0 aliphatic carbocycles. The molecule has 2 rings (SSSR count). The van der Waals surface area contributed by atoms with E-state index in [1.807, 2.05) is 13.0 Å². The molecule has 0 saturated carbocycles. The van der Waals surface area contributed by atoms with E-state index in [1.54, 1.807) is 6.20 Å². The predicted molar refractivity (Wildman–Crippen MR) is 56.7 cm³/mol. The second-order valence-electron chi connectivity index (χ2n) is 3.72. The van der Waals surface area contributed by atoms with Gasteiger partial charge in [-0.25, -0.2) is 4.98 Å². The zero-order valence-corrected chi connectivity index (χ0v) is 8.90. The van der Waals surface area contributed by atoms with Gasteiger partial charge < -0.3 is 15.2 Å². The molecule has 2 heterocycles. The van der Waals surface area contributed by atoms with Crippen molar-refractivity contribution in [2.24, 2.45) is 5.73 Å². The van der Waals surface area contributed by atoms with Crippen molar-refractivity contribution in [1.29, 1.82) is 0 Å². The van der Waals surface area contributed by atoms with Crippen molar-refractivity contribution >= 4 is 0 Å². The zero-order valence-electron chi connectivity index (χ0n) is 8.90. The summed E-state index contributed by atoms with van der Waals surface area (Å²) in [6.07, 6.45) is 2.81. The molecule has 0 bridgehead atoms. The molecule has 4 nitrogen and oxygen atoms in total. The summed E-state index contributed by atoms with van der Waals surface area (Å²) in [6, 6.07) is 1.94. The van der Waals surface area contributed by atoms with E-state index in [9.17, 15) is 0 Å². The lowest BCUT2D eigenvalue weighted by atomic mass is 10.1. The maximum atomic E-state index is 5.76. The molecule has 4 heteroatoms. The SMILES string of the molecule is Cc1ccnc(OC2CCOC2)c1CN. The van der Waals surface area contributed by atoms with E-state index >= 15 is 0 Å². The summed E-state index contributed by atoms with van der Waals surface area (Å²) in [5, 5.41) is 0. The van der Waals surface area contributed by atoms with E-state index in [0.29, 0.717) is 19.0 Å². The first-order chi connectivity index (χ1) is 7.31. The predicted octanol–water partition coefficient (Wildman–Crippen LogP) is 1.02. The van der Waals surface area contributed by atoms with Gasteiger partial charge in [0, 0.05) is 24.7 Å². The third kappa shape index (κ3) is 2.27. The van der Waals surface area contributed by atoms with E-state index in [0.717, 1.165) is 24.2 Å². The first kappa shape index (κ1) is 10.4. The molecule has 0 spiro atoms. The lowest BCUT2D eigenvalue weighted by Gasteiger charge is -2.14. The molecule has 1 unspecified atom stereocenters. The second-order valence-corrected chi connectivity index (χ2v) is 3.72. The highest BCUT2D eigenvalue weighted by atomic mass is 16.5. The molecular weight excluding hydrogens is 192 g/mol. The summed E-state index contributed by atoms with van der Waals surface area (Å²) in [6.45, 7) is 3.90. The number of aryl methyl sites for hydroxylation is 1. The smallest absolute Gasteiger partial charge is 0.218 e. The first-order valence-corrected chi connectivity index (χ1v) is 5.20. The van der Waals surface area contributed by atoms with Crippen LogP contribution in [0.3, 0.4) is 0 Å². The first-order valence-electron chi connectivity index (χ1n) is 5.20. The Bertz CT molecular complexity index is 335. The van der Waals surface area contributed by atoms with Gasteiger partial charge in [-0.15, -0.1) is 0 Å². The Kier molecular flexibility index (Phi) is 3.18. The van der Waals surface area contributed by atoms with Crippen LogP contribution < -0.4 is 10.5 Å². The average Bonchev–Trinajstić information content (AvgIpc) is 2.71. The van der Waals surface area contributed by atoms with Gasteiger partial charge >= 0.3 is 0 Å². The van der Waals surface area contributed by atoms with Crippen molar-refractivity contribution in [1.82, 2.24) is 4.98 Å². The number of aromatic nitrogens is 1. The highest BCUT2D eigenvalue weighted by Gasteiger charge is 2.19. The van der Waals surface area contributed by atoms with Crippen molar-refractivity contribution in [3.8, 4) is 5.88 Å². The molecule has 1 fully saturated rings. The lowest BCUT2D eigenvalue weighted by Crippen LogP contribution is -2.18. The highest BCUT2D eigenvalue weighted by Crippen LogP contribution is 2.21. The van der Waals surface area contributed by atoms with Crippen LogP contribution in [-0.4, -0.2) is 24.3 Å². The molecule has 1 aliphatic heterocycles. The van der Waals surface area contributed by atoms with Gasteiger partial charge in [-0.05, 0) is 18.6 Å². The van der Waals surface area contributed by atoms with Crippen molar-refractivity contribution in [3.63, 3.8) is 0 Å².